The number of hydrogen-bond acceptors (Lipinski definition) is 3. The van der Waals surface area contributed by atoms with Gasteiger partial charge in [-0.05, 0) is 0 Å². The number of fused-ring (bicyclic) bond motifs is 1. The van der Waals surface area contributed by atoms with Crippen LogP contribution in [0.5, 0.6) is 0 Å². The number of aromatic amines is 1. The van der Waals surface area contributed by atoms with Crippen molar-refractivity contribution in [2.24, 2.45) is 7.05 Å². The number of aryl methyl sites for hydroxylation is 1. The molecule has 0 aliphatic rings. The van der Waals surface area contributed by atoms with Crippen LogP contribution < -0.4 is 5.49 Å². The molecule has 0 aliphatic heterocycles. The van der Waals surface area contributed by atoms with Crippen molar-refractivity contribution in [3.8, 4) is 0 Å². The fourth-order valence-corrected chi connectivity index (χ4v) is 0.943. The summed E-state index contributed by atoms with van der Waals surface area (Å²) in [6, 6.07) is 0. The van der Waals surface area contributed by atoms with Gasteiger partial charge in [-0.25, -0.2) is 4.98 Å². The Morgan fingerprint density at radius 3 is 3.27 bits per heavy atom. The number of nitrogens with one attached hydrogen (secondary N) is 2. The molecule has 2 N–H and O–H groups in total. The zero-order chi connectivity index (χ0) is 7.84. The highest BCUT2D eigenvalue weighted by Crippen LogP contribution is 1.97. The van der Waals surface area contributed by atoms with Gasteiger partial charge in [0.2, 0.25) is 0 Å². The minimum atomic E-state index is 0.420. The Labute approximate surface area is 62.2 Å². The van der Waals surface area contributed by atoms with Gasteiger partial charge in [0.05, 0.1) is 17.9 Å². The van der Waals surface area contributed by atoms with E-state index in [2.05, 4.69) is 15.2 Å². The second-order valence-electron chi connectivity index (χ2n) is 2.34. The summed E-state index contributed by atoms with van der Waals surface area (Å²) in [6.07, 6.45) is 3.19. The molecule has 0 aromatic carbocycles. The van der Waals surface area contributed by atoms with Gasteiger partial charge in [-0.2, -0.15) is 5.10 Å². The Morgan fingerprint density at radius 2 is 2.45 bits per heavy atom. The van der Waals surface area contributed by atoms with Crippen LogP contribution in [0.2, 0.25) is 0 Å². The first-order valence-electron chi connectivity index (χ1n) is 3.18. The molecule has 2 rings (SSSR count). The topological polar surface area (TPSA) is 70.3 Å². The number of aromatic nitrogens is 4. The van der Waals surface area contributed by atoms with Gasteiger partial charge < -0.3 is 4.57 Å². The average Bonchev–Trinajstić information content (AvgIpc) is 2.45. The van der Waals surface area contributed by atoms with Crippen molar-refractivity contribution in [2.45, 2.75) is 0 Å². The molecule has 0 atom stereocenters. The summed E-state index contributed by atoms with van der Waals surface area (Å²) in [5.74, 6) is 0. The fraction of sp³-hybridized carbons (Fsp3) is 0.167. The fourth-order valence-electron chi connectivity index (χ4n) is 0.943. The van der Waals surface area contributed by atoms with E-state index in [-0.39, 0.29) is 0 Å². The third kappa shape index (κ3) is 0.739. The van der Waals surface area contributed by atoms with E-state index >= 15 is 0 Å². The molecule has 0 saturated heterocycles. The largest absolute Gasteiger partial charge is 0.320 e. The summed E-state index contributed by atoms with van der Waals surface area (Å²) < 4.78 is 1.64. The first kappa shape index (κ1) is 6.09. The number of nitrogens with zero attached hydrogens (tertiary/aromatic N) is 3. The van der Waals surface area contributed by atoms with E-state index in [1.54, 1.807) is 24.1 Å². The summed E-state index contributed by atoms with van der Waals surface area (Å²) in [4.78, 5) is 4.03. The van der Waals surface area contributed by atoms with Crippen molar-refractivity contribution in [3.63, 3.8) is 0 Å². The van der Waals surface area contributed by atoms with Crippen LogP contribution in [0.25, 0.3) is 11.0 Å². The van der Waals surface area contributed by atoms with Crippen LogP contribution >= 0.6 is 0 Å². The zero-order valence-corrected chi connectivity index (χ0v) is 6.00. The highest BCUT2D eigenvalue weighted by Gasteiger charge is 1.98. The summed E-state index contributed by atoms with van der Waals surface area (Å²) in [5, 5.41) is 14.8. The Hall–Kier alpha value is -1.65. The lowest BCUT2D eigenvalue weighted by molar-refractivity contribution is 0.805. The number of H-pyrrole nitrogens is 1. The van der Waals surface area contributed by atoms with E-state index in [1.807, 2.05) is 0 Å². The van der Waals surface area contributed by atoms with Crippen LogP contribution in [0, 0.1) is 5.41 Å². The molecule has 0 radical (unpaired) electrons. The van der Waals surface area contributed by atoms with Crippen LogP contribution in [0.1, 0.15) is 0 Å². The molecule has 0 fully saturated rings. The summed E-state index contributed by atoms with van der Waals surface area (Å²) in [6.45, 7) is 0. The maximum Gasteiger partial charge on any atom is 0.160 e. The molecule has 0 unspecified atom stereocenters. The monoisotopic (exact) mass is 149 g/mol. The molecule has 2 heterocycles. The predicted octanol–water partition coefficient (Wildman–Crippen LogP) is -0.224. The molecule has 56 valence electrons. The number of rotatable bonds is 0. The normalized spacial score (nSPS) is 10.6. The van der Waals surface area contributed by atoms with E-state index < -0.39 is 0 Å². The van der Waals surface area contributed by atoms with Crippen LogP contribution in [0.4, 0.5) is 0 Å². The molecule has 5 heteroatoms. The van der Waals surface area contributed by atoms with E-state index in [4.69, 9.17) is 5.41 Å². The van der Waals surface area contributed by atoms with Crippen molar-refractivity contribution in [3.05, 3.63) is 18.0 Å². The second kappa shape index (κ2) is 1.91. The molecule has 0 bridgehead atoms. The number of hydrogen-bond donors (Lipinski definition) is 2. The van der Waals surface area contributed by atoms with Gasteiger partial charge in [0, 0.05) is 7.05 Å². The Morgan fingerprint density at radius 1 is 1.64 bits per heavy atom. The van der Waals surface area contributed by atoms with Gasteiger partial charge >= 0.3 is 0 Å². The van der Waals surface area contributed by atoms with E-state index in [0.29, 0.717) is 11.1 Å². The molecule has 0 spiro atoms. The minimum absolute atomic E-state index is 0.420. The van der Waals surface area contributed by atoms with Gasteiger partial charge in [-0.1, -0.05) is 0 Å². The second-order valence-corrected chi connectivity index (χ2v) is 2.34. The van der Waals surface area contributed by atoms with Gasteiger partial charge in [-0.15, -0.1) is 0 Å². The highest BCUT2D eigenvalue weighted by molar-refractivity contribution is 5.71. The van der Waals surface area contributed by atoms with Crippen molar-refractivity contribution in [2.75, 3.05) is 0 Å². The van der Waals surface area contributed by atoms with Crippen LogP contribution in [0.15, 0.2) is 12.5 Å². The van der Waals surface area contributed by atoms with Crippen LogP contribution in [0.3, 0.4) is 0 Å². The van der Waals surface area contributed by atoms with Gasteiger partial charge in [0.15, 0.2) is 5.65 Å². The zero-order valence-electron chi connectivity index (χ0n) is 6.00. The van der Waals surface area contributed by atoms with Gasteiger partial charge in [0.25, 0.3) is 0 Å². The van der Waals surface area contributed by atoms with Crippen LogP contribution in [-0.4, -0.2) is 19.7 Å². The molecule has 0 saturated carbocycles. The standard InChI is InChI=1S/C6H7N5/c1-11-3-8-6-4(5(11)7)2-9-10-6/h2-3,7H,1H3,(H,9,10). The van der Waals surface area contributed by atoms with Crippen molar-refractivity contribution in [1.82, 2.24) is 19.7 Å². The van der Waals surface area contributed by atoms with E-state index in [1.165, 1.54) is 0 Å². The maximum atomic E-state index is 7.57. The molecule has 2 aromatic heterocycles. The van der Waals surface area contributed by atoms with Gasteiger partial charge in [-0.3, -0.25) is 10.5 Å². The molecule has 5 nitrogen and oxygen atoms in total. The third-order valence-corrected chi connectivity index (χ3v) is 1.59. The molecule has 2 aromatic rings. The lowest BCUT2D eigenvalue weighted by Gasteiger charge is -1.95. The van der Waals surface area contributed by atoms with Crippen molar-refractivity contribution < 1.29 is 0 Å². The molecule has 11 heavy (non-hydrogen) atoms. The van der Waals surface area contributed by atoms with Crippen molar-refractivity contribution >= 4 is 11.0 Å². The van der Waals surface area contributed by atoms with Gasteiger partial charge in [0.1, 0.15) is 5.49 Å². The van der Waals surface area contributed by atoms with E-state index in [0.717, 1.165) is 5.39 Å². The van der Waals surface area contributed by atoms with E-state index in [9.17, 15) is 0 Å². The smallest absolute Gasteiger partial charge is 0.160 e. The van der Waals surface area contributed by atoms with Crippen LogP contribution in [-0.2, 0) is 7.05 Å². The molecular weight excluding hydrogens is 142 g/mol. The average molecular weight is 149 g/mol. The summed E-state index contributed by atoms with van der Waals surface area (Å²) in [5.41, 5.74) is 1.08. The first-order valence-corrected chi connectivity index (χ1v) is 3.18. The quantitative estimate of drug-likeness (QED) is 0.543. The molecular formula is C6H7N5. The first-order chi connectivity index (χ1) is 5.29. The van der Waals surface area contributed by atoms with Crippen molar-refractivity contribution in [1.29, 1.82) is 5.41 Å². The maximum absolute atomic E-state index is 7.57. The lowest BCUT2D eigenvalue weighted by Crippen LogP contribution is -2.16. The minimum Gasteiger partial charge on any atom is -0.320 e. The molecule has 0 amide bonds. The highest BCUT2D eigenvalue weighted by atomic mass is 15.2. The third-order valence-electron chi connectivity index (χ3n) is 1.59. The Kier molecular flexibility index (Phi) is 1.06. The Balaban J connectivity index is 3.05. The molecule has 0 aliphatic carbocycles. The summed E-state index contributed by atoms with van der Waals surface area (Å²) >= 11 is 0. The SMILES string of the molecule is Cn1cnc2[nH]ncc2c1=N. The predicted molar refractivity (Wildman–Crippen MR) is 38.7 cm³/mol. The lowest BCUT2D eigenvalue weighted by atomic mass is 10.4. The Bertz CT molecular complexity index is 437. The summed E-state index contributed by atoms with van der Waals surface area (Å²) in [7, 11) is 1.78.